The zero-order valence-electron chi connectivity index (χ0n) is 10.2. The molecule has 0 fully saturated rings. The summed E-state index contributed by atoms with van der Waals surface area (Å²) >= 11 is 0. The number of benzene rings is 2. The van der Waals surface area contributed by atoms with Gasteiger partial charge in [0.1, 0.15) is 5.82 Å². The van der Waals surface area contributed by atoms with Gasteiger partial charge < -0.3 is 4.98 Å². The van der Waals surface area contributed by atoms with Crippen LogP contribution < -0.4 is 0 Å². The standard InChI is InChI=1S/C16H14N2/c1-12(13-7-3-2-4-8-13)11-16-17-14-9-5-6-10-15(14)18-16/h2-11H,1H3,(H,17,18)/b12-11+. The van der Waals surface area contributed by atoms with Crippen LogP contribution >= 0.6 is 0 Å². The predicted octanol–water partition coefficient (Wildman–Crippen LogP) is 4.12. The number of aromatic amines is 1. The third kappa shape index (κ3) is 2.05. The van der Waals surface area contributed by atoms with Crippen molar-refractivity contribution in [2.24, 2.45) is 0 Å². The van der Waals surface area contributed by atoms with Crippen LogP contribution in [0.3, 0.4) is 0 Å². The fourth-order valence-electron chi connectivity index (χ4n) is 2.03. The van der Waals surface area contributed by atoms with Gasteiger partial charge in [-0.1, -0.05) is 42.5 Å². The Morgan fingerprint density at radius 2 is 1.72 bits per heavy atom. The molecule has 0 aliphatic carbocycles. The average molecular weight is 234 g/mol. The van der Waals surface area contributed by atoms with Crippen LogP contribution in [0, 0.1) is 0 Å². The molecule has 0 amide bonds. The van der Waals surface area contributed by atoms with Crippen LogP contribution in [0.15, 0.2) is 54.6 Å². The minimum Gasteiger partial charge on any atom is -0.338 e. The first-order chi connectivity index (χ1) is 8.83. The van der Waals surface area contributed by atoms with E-state index in [1.807, 2.05) is 42.5 Å². The van der Waals surface area contributed by atoms with Gasteiger partial charge in [-0.25, -0.2) is 4.98 Å². The molecule has 0 bridgehead atoms. The number of rotatable bonds is 2. The lowest BCUT2D eigenvalue weighted by Gasteiger charge is -1.99. The Morgan fingerprint density at radius 3 is 2.50 bits per heavy atom. The van der Waals surface area contributed by atoms with Gasteiger partial charge >= 0.3 is 0 Å². The third-order valence-corrected chi connectivity index (χ3v) is 2.99. The fourth-order valence-corrected chi connectivity index (χ4v) is 2.03. The summed E-state index contributed by atoms with van der Waals surface area (Å²) in [7, 11) is 0. The summed E-state index contributed by atoms with van der Waals surface area (Å²) in [6.45, 7) is 2.10. The van der Waals surface area contributed by atoms with Gasteiger partial charge in [-0.05, 0) is 36.3 Å². The average Bonchev–Trinajstić information content (AvgIpc) is 2.82. The van der Waals surface area contributed by atoms with Crippen LogP contribution in [0.2, 0.25) is 0 Å². The van der Waals surface area contributed by atoms with Crippen LogP contribution in [0.25, 0.3) is 22.7 Å². The van der Waals surface area contributed by atoms with Crippen molar-refractivity contribution in [3.05, 3.63) is 66.0 Å². The summed E-state index contributed by atoms with van der Waals surface area (Å²) in [6.07, 6.45) is 2.08. The molecular weight excluding hydrogens is 220 g/mol. The number of fused-ring (bicyclic) bond motifs is 1. The van der Waals surface area contributed by atoms with Crippen molar-refractivity contribution < 1.29 is 0 Å². The van der Waals surface area contributed by atoms with E-state index in [0.29, 0.717) is 0 Å². The maximum atomic E-state index is 4.55. The highest BCUT2D eigenvalue weighted by Crippen LogP contribution is 2.18. The Labute approximate surface area is 106 Å². The zero-order valence-corrected chi connectivity index (χ0v) is 10.2. The highest BCUT2D eigenvalue weighted by Gasteiger charge is 2.00. The van der Waals surface area contributed by atoms with Gasteiger partial charge in [-0.15, -0.1) is 0 Å². The lowest BCUT2D eigenvalue weighted by Crippen LogP contribution is -1.80. The molecule has 18 heavy (non-hydrogen) atoms. The molecule has 0 radical (unpaired) electrons. The van der Waals surface area contributed by atoms with Crippen molar-refractivity contribution >= 4 is 22.7 Å². The molecule has 2 aromatic carbocycles. The number of nitrogens with zero attached hydrogens (tertiary/aromatic N) is 1. The van der Waals surface area contributed by atoms with Crippen molar-refractivity contribution in [1.82, 2.24) is 9.97 Å². The van der Waals surface area contributed by atoms with E-state index in [2.05, 4.69) is 35.1 Å². The molecule has 1 aromatic heterocycles. The maximum Gasteiger partial charge on any atom is 0.131 e. The molecule has 0 unspecified atom stereocenters. The molecule has 88 valence electrons. The van der Waals surface area contributed by atoms with Gasteiger partial charge in [0.25, 0.3) is 0 Å². The van der Waals surface area contributed by atoms with Gasteiger partial charge in [0.05, 0.1) is 11.0 Å². The molecule has 3 rings (SSSR count). The van der Waals surface area contributed by atoms with E-state index in [0.717, 1.165) is 16.9 Å². The number of nitrogens with one attached hydrogen (secondary N) is 1. The molecule has 0 saturated carbocycles. The maximum absolute atomic E-state index is 4.55. The van der Waals surface area contributed by atoms with Crippen molar-refractivity contribution in [2.75, 3.05) is 0 Å². The minimum absolute atomic E-state index is 0.901. The Bertz CT molecular complexity index is 660. The molecule has 2 heteroatoms. The van der Waals surface area contributed by atoms with E-state index < -0.39 is 0 Å². The number of imidazole rings is 1. The fraction of sp³-hybridized carbons (Fsp3) is 0.0625. The lowest BCUT2D eigenvalue weighted by molar-refractivity contribution is 1.29. The van der Waals surface area contributed by atoms with Crippen LogP contribution in [0.4, 0.5) is 0 Å². The molecule has 0 atom stereocenters. The molecular formula is C16H14N2. The Kier molecular flexibility index (Phi) is 2.69. The van der Waals surface area contributed by atoms with Gasteiger partial charge in [-0.3, -0.25) is 0 Å². The molecule has 1 N–H and O–H groups in total. The predicted molar refractivity (Wildman–Crippen MR) is 76.1 cm³/mol. The Balaban J connectivity index is 2.00. The molecule has 2 nitrogen and oxygen atoms in total. The molecule has 0 aliphatic rings. The summed E-state index contributed by atoms with van der Waals surface area (Å²) in [5, 5.41) is 0. The molecule has 0 aliphatic heterocycles. The number of hydrogen-bond acceptors (Lipinski definition) is 1. The van der Waals surface area contributed by atoms with Crippen molar-refractivity contribution in [3.63, 3.8) is 0 Å². The van der Waals surface area contributed by atoms with E-state index in [1.54, 1.807) is 0 Å². The second kappa shape index (κ2) is 4.49. The number of allylic oxidation sites excluding steroid dienone is 1. The second-order valence-electron chi connectivity index (χ2n) is 4.33. The monoisotopic (exact) mass is 234 g/mol. The van der Waals surface area contributed by atoms with Gasteiger partial charge in [0.15, 0.2) is 0 Å². The van der Waals surface area contributed by atoms with Crippen molar-refractivity contribution in [2.45, 2.75) is 6.92 Å². The summed E-state index contributed by atoms with van der Waals surface area (Å²) in [5.74, 6) is 0.901. The first-order valence-electron chi connectivity index (χ1n) is 6.01. The van der Waals surface area contributed by atoms with E-state index in [4.69, 9.17) is 0 Å². The topological polar surface area (TPSA) is 28.7 Å². The van der Waals surface area contributed by atoms with E-state index in [9.17, 15) is 0 Å². The Morgan fingerprint density at radius 1 is 1.00 bits per heavy atom. The van der Waals surface area contributed by atoms with Crippen molar-refractivity contribution in [3.8, 4) is 0 Å². The van der Waals surface area contributed by atoms with Gasteiger partial charge in [0, 0.05) is 0 Å². The van der Waals surface area contributed by atoms with Gasteiger partial charge in [0.2, 0.25) is 0 Å². The molecule has 1 heterocycles. The SMILES string of the molecule is C/C(=C\c1nc2ccccc2[nH]1)c1ccccc1. The number of H-pyrrole nitrogens is 1. The van der Waals surface area contributed by atoms with Crippen molar-refractivity contribution in [1.29, 1.82) is 0 Å². The second-order valence-corrected chi connectivity index (χ2v) is 4.33. The lowest BCUT2D eigenvalue weighted by atomic mass is 10.1. The van der Waals surface area contributed by atoms with Crippen LogP contribution in [-0.2, 0) is 0 Å². The Hall–Kier alpha value is -2.35. The number of para-hydroxylation sites is 2. The quantitative estimate of drug-likeness (QED) is 0.709. The largest absolute Gasteiger partial charge is 0.338 e. The normalized spacial score (nSPS) is 11.9. The third-order valence-electron chi connectivity index (χ3n) is 2.99. The van der Waals surface area contributed by atoms with Gasteiger partial charge in [-0.2, -0.15) is 0 Å². The summed E-state index contributed by atoms with van der Waals surface area (Å²) in [6, 6.07) is 18.4. The van der Waals surface area contributed by atoms with Crippen LogP contribution in [0.5, 0.6) is 0 Å². The van der Waals surface area contributed by atoms with E-state index >= 15 is 0 Å². The molecule has 3 aromatic rings. The minimum atomic E-state index is 0.901. The smallest absolute Gasteiger partial charge is 0.131 e. The molecule has 0 spiro atoms. The first kappa shape index (κ1) is 10.8. The van der Waals surface area contributed by atoms with Crippen LogP contribution in [0.1, 0.15) is 18.3 Å². The highest BCUT2D eigenvalue weighted by atomic mass is 14.9. The summed E-state index contributed by atoms with van der Waals surface area (Å²) in [4.78, 5) is 7.85. The first-order valence-corrected chi connectivity index (χ1v) is 6.01. The highest BCUT2D eigenvalue weighted by molar-refractivity contribution is 5.82. The summed E-state index contributed by atoms with van der Waals surface area (Å²) in [5.41, 5.74) is 4.50. The summed E-state index contributed by atoms with van der Waals surface area (Å²) < 4.78 is 0. The zero-order chi connectivity index (χ0) is 12.4. The van der Waals surface area contributed by atoms with Crippen LogP contribution in [-0.4, -0.2) is 9.97 Å². The number of aromatic nitrogens is 2. The van der Waals surface area contributed by atoms with E-state index in [1.165, 1.54) is 11.1 Å². The van der Waals surface area contributed by atoms with E-state index in [-0.39, 0.29) is 0 Å². The molecule has 0 saturated heterocycles. The number of hydrogen-bond donors (Lipinski definition) is 1.